The summed E-state index contributed by atoms with van der Waals surface area (Å²) >= 11 is 0. The molecule has 1 aliphatic heterocycles. The monoisotopic (exact) mass is 440 g/mol. The summed E-state index contributed by atoms with van der Waals surface area (Å²) in [6, 6.07) is 0. The highest BCUT2D eigenvalue weighted by atomic mass is 15.2. The Balaban J connectivity index is 1.62. The molecule has 3 aliphatic rings. The minimum absolute atomic E-state index is 0.0666. The third-order valence-electron chi connectivity index (χ3n) is 8.54. The zero-order chi connectivity index (χ0) is 23.9. The predicted molar refractivity (Wildman–Crippen MR) is 140 cm³/mol. The van der Waals surface area contributed by atoms with Gasteiger partial charge in [-0.3, -0.25) is 0 Å². The lowest BCUT2D eigenvalue weighted by Crippen LogP contribution is -2.40. The average Bonchev–Trinajstić information content (AvgIpc) is 2.78. The highest BCUT2D eigenvalue weighted by Gasteiger charge is 2.45. The zero-order valence-corrected chi connectivity index (χ0v) is 22.4. The maximum atomic E-state index is 4.64. The van der Waals surface area contributed by atoms with Gasteiger partial charge in [-0.1, -0.05) is 60.3 Å². The summed E-state index contributed by atoms with van der Waals surface area (Å²) in [5, 5.41) is 3.68. The van der Waals surface area contributed by atoms with Crippen LogP contribution in [0.2, 0.25) is 0 Å². The number of nitrogens with one attached hydrogen (secondary N) is 1. The Morgan fingerprint density at radius 3 is 1.97 bits per heavy atom. The van der Waals surface area contributed by atoms with Crippen LogP contribution in [0.15, 0.2) is 36.8 Å². The molecule has 182 valence electrons. The lowest BCUT2D eigenvalue weighted by Gasteiger charge is -2.37. The van der Waals surface area contributed by atoms with Gasteiger partial charge in [0.15, 0.2) is 0 Å². The van der Waals surface area contributed by atoms with Crippen LogP contribution < -0.4 is 5.32 Å². The topological polar surface area (TPSA) is 15.3 Å². The van der Waals surface area contributed by atoms with Crippen LogP contribution in [0.5, 0.6) is 0 Å². The molecule has 0 aromatic carbocycles. The Kier molecular flexibility index (Phi) is 7.33. The van der Waals surface area contributed by atoms with Crippen LogP contribution in [0, 0.1) is 34.5 Å². The molecule has 0 spiro atoms. The zero-order valence-electron chi connectivity index (χ0n) is 22.4. The lowest BCUT2D eigenvalue weighted by atomic mass is 9.74. The number of hydrogen-bond acceptors (Lipinski definition) is 2. The fraction of sp³-hybridized carbons (Fsp3) is 0.800. The SMILES string of the molecule is C=C1C2CCC(C)(C(=C)NC(C)(C)C)CCC2C(=C)N1CC1CCCC(CC(C)(C)C)C1. The number of rotatable bonds is 5. The number of nitrogens with zero attached hydrogens (tertiary/aromatic N) is 1. The molecule has 1 heterocycles. The number of fused-ring (bicyclic) bond motifs is 1. The molecule has 2 aliphatic carbocycles. The number of likely N-dealkylation sites (tertiary alicyclic amines) is 1. The van der Waals surface area contributed by atoms with E-state index in [0.717, 1.165) is 18.4 Å². The fourth-order valence-electron chi connectivity index (χ4n) is 6.88. The van der Waals surface area contributed by atoms with Gasteiger partial charge in [0.25, 0.3) is 0 Å². The summed E-state index contributed by atoms with van der Waals surface area (Å²) in [5.41, 5.74) is 4.60. The second-order valence-electron chi connectivity index (χ2n) is 14.0. The highest BCUT2D eigenvalue weighted by molar-refractivity contribution is 5.26. The van der Waals surface area contributed by atoms with E-state index in [2.05, 4.69) is 78.4 Å². The molecule has 0 amide bonds. The van der Waals surface area contributed by atoms with Crippen LogP contribution in [0.1, 0.15) is 106 Å². The van der Waals surface area contributed by atoms with Gasteiger partial charge in [-0.15, -0.1) is 0 Å². The first-order valence-corrected chi connectivity index (χ1v) is 13.3. The predicted octanol–water partition coefficient (Wildman–Crippen LogP) is 8.29. The lowest BCUT2D eigenvalue weighted by molar-refractivity contribution is 0.177. The van der Waals surface area contributed by atoms with Gasteiger partial charge < -0.3 is 10.2 Å². The Hall–Kier alpha value is -1.18. The summed E-state index contributed by atoms with van der Waals surface area (Å²) in [4.78, 5) is 2.56. The van der Waals surface area contributed by atoms with E-state index in [1.807, 2.05) is 0 Å². The maximum Gasteiger partial charge on any atom is 0.0286 e. The molecule has 3 rings (SSSR count). The summed E-state index contributed by atoms with van der Waals surface area (Å²) < 4.78 is 0. The average molecular weight is 441 g/mol. The summed E-state index contributed by atoms with van der Waals surface area (Å²) in [5.74, 6) is 2.83. The van der Waals surface area contributed by atoms with Crippen molar-refractivity contribution in [2.45, 2.75) is 112 Å². The number of allylic oxidation sites excluding steroid dienone is 3. The molecule has 1 N–H and O–H groups in total. The van der Waals surface area contributed by atoms with Gasteiger partial charge in [-0.25, -0.2) is 0 Å². The molecule has 1 saturated heterocycles. The van der Waals surface area contributed by atoms with Crippen LogP contribution in [0.3, 0.4) is 0 Å². The standard InChI is InChI=1S/C30H52N2/c1-21-26-14-16-30(10,23(3)31-29(7,8)9)17-15-27(26)22(2)32(21)20-25-13-11-12-24(18-25)19-28(4,5)6/h24-27,31H,1-3,11-20H2,4-10H3. The van der Waals surface area contributed by atoms with Gasteiger partial charge in [0.05, 0.1) is 0 Å². The molecule has 32 heavy (non-hydrogen) atoms. The molecular formula is C30H52N2. The van der Waals surface area contributed by atoms with E-state index in [9.17, 15) is 0 Å². The minimum Gasteiger partial charge on any atom is -0.384 e. The van der Waals surface area contributed by atoms with Gasteiger partial charge >= 0.3 is 0 Å². The van der Waals surface area contributed by atoms with Crippen LogP contribution in [0.25, 0.3) is 0 Å². The smallest absolute Gasteiger partial charge is 0.0286 e. The quantitative estimate of drug-likeness (QED) is 0.462. The third-order valence-corrected chi connectivity index (χ3v) is 8.54. The molecule has 0 radical (unpaired) electrons. The summed E-state index contributed by atoms with van der Waals surface area (Å²) in [7, 11) is 0. The van der Waals surface area contributed by atoms with Crippen molar-refractivity contribution < 1.29 is 0 Å². The second kappa shape index (κ2) is 9.22. The molecule has 0 aromatic rings. The Bertz CT molecular complexity index is 690. The van der Waals surface area contributed by atoms with Crippen molar-refractivity contribution in [3.8, 4) is 0 Å². The fourth-order valence-corrected chi connectivity index (χ4v) is 6.88. The van der Waals surface area contributed by atoms with E-state index in [1.54, 1.807) is 0 Å². The van der Waals surface area contributed by atoms with E-state index in [1.165, 1.54) is 74.9 Å². The van der Waals surface area contributed by atoms with Crippen molar-refractivity contribution >= 4 is 0 Å². The van der Waals surface area contributed by atoms with E-state index in [4.69, 9.17) is 0 Å². The third kappa shape index (κ3) is 6.03. The Morgan fingerprint density at radius 1 is 0.938 bits per heavy atom. The van der Waals surface area contributed by atoms with Crippen LogP contribution >= 0.6 is 0 Å². The maximum absolute atomic E-state index is 4.64. The summed E-state index contributed by atoms with van der Waals surface area (Å²) in [6.45, 7) is 31.2. The van der Waals surface area contributed by atoms with Gasteiger partial charge in [0, 0.05) is 46.4 Å². The van der Waals surface area contributed by atoms with Gasteiger partial charge in [-0.2, -0.15) is 0 Å². The molecule has 3 fully saturated rings. The van der Waals surface area contributed by atoms with Crippen molar-refractivity contribution in [1.82, 2.24) is 10.2 Å². The van der Waals surface area contributed by atoms with Crippen molar-refractivity contribution in [2.75, 3.05) is 6.54 Å². The molecule has 4 unspecified atom stereocenters. The normalized spacial score (nSPS) is 34.3. The molecule has 2 heteroatoms. The molecule has 2 saturated carbocycles. The van der Waals surface area contributed by atoms with Gasteiger partial charge in [0.1, 0.15) is 0 Å². The first kappa shape index (κ1) is 25.4. The van der Waals surface area contributed by atoms with E-state index in [0.29, 0.717) is 17.3 Å². The van der Waals surface area contributed by atoms with Crippen molar-refractivity contribution in [2.24, 2.45) is 34.5 Å². The largest absolute Gasteiger partial charge is 0.384 e. The van der Waals surface area contributed by atoms with Gasteiger partial charge in [0.2, 0.25) is 0 Å². The second-order valence-corrected chi connectivity index (χ2v) is 14.0. The summed E-state index contributed by atoms with van der Waals surface area (Å²) in [6.07, 6.45) is 11.7. The minimum atomic E-state index is 0.0666. The first-order chi connectivity index (χ1) is 14.7. The van der Waals surface area contributed by atoms with Gasteiger partial charge in [-0.05, 0) is 83.0 Å². The van der Waals surface area contributed by atoms with Crippen molar-refractivity contribution in [3.63, 3.8) is 0 Å². The molecule has 2 nitrogen and oxygen atoms in total. The Morgan fingerprint density at radius 2 is 1.47 bits per heavy atom. The Labute approximate surface area is 200 Å². The molecule has 0 bridgehead atoms. The number of hydrogen-bond donors (Lipinski definition) is 1. The molecule has 0 aromatic heterocycles. The molecule has 4 atom stereocenters. The van der Waals surface area contributed by atoms with Crippen molar-refractivity contribution in [3.05, 3.63) is 36.8 Å². The van der Waals surface area contributed by atoms with E-state index >= 15 is 0 Å². The van der Waals surface area contributed by atoms with Crippen LogP contribution in [0.4, 0.5) is 0 Å². The highest BCUT2D eigenvalue weighted by Crippen LogP contribution is 2.52. The van der Waals surface area contributed by atoms with Crippen molar-refractivity contribution in [1.29, 1.82) is 0 Å². The molecular weight excluding hydrogens is 388 g/mol. The van der Waals surface area contributed by atoms with E-state index < -0.39 is 0 Å². The van der Waals surface area contributed by atoms with Crippen LogP contribution in [-0.4, -0.2) is 17.0 Å². The van der Waals surface area contributed by atoms with Crippen LogP contribution in [-0.2, 0) is 0 Å². The van der Waals surface area contributed by atoms with E-state index in [-0.39, 0.29) is 11.0 Å². The first-order valence-electron chi connectivity index (χ1n) is 13.3.